The number of aromatic nitrogens is 3. The second kappa shape index (κ2) is 7.46. The number of amides is 1. The third-order valence-corrected chi connectivity index (χ3v) is 5.67. The number of hydrogen-bond donors (Lipinski definition) is 1. The van der Waals surface area contributed by atoms with Crippen molar-refractivity contribution in [1.29, 1.82) is 0 Å². The van der Waals surface area contributed by atoms with Crippen LogP contribution in [0.25, 0.3) is 33.7 Å². The summed E-state index contributed by atoms with van der Waals surface area (Å²) in [6, 6.07) is 13.0. The minimum Gasteiger partial charge on any atom is -0.336 e. The van der Waals surface area contributed by atoms with E-state index in [0.717, 1.165) is 19.4 Å². The predicted octanol–water partition coefficient (Wildman–Crippen LogP) is 4.01. The molecular weight excluding hydrogens is 399 g/mol. The van der Waals surface area contributed by atoms with Gasteiger partial charge in [0.15, 0.2) is 0 Å². The molecule has 1 unspecified atom stereocenters. The molecule has 4 aromatic rings. The molecule has 8 heteroatoms. The van der Waals surface area contributed by atoms with E-state index in [1.807, 2.05) is 4.90 Å². The first-order chi connectivity index (χ1) is 15.0. The normalized spacial score (nSPS) is 16.2. The molecule has 0 spiro atoms. The molecule has 0 radical (unpaired) electrons. The number of nitrogens with zero attached hydrogens (tertiary/aromatic N) is 3. The number of pyridine rings is 1. The Hall–Kier alpha value is -3.81. The number of H-pyrrole nitrogens is 1. The average Bonchev–Trinajstić information content (AvgIpc) is 3.42. The highest BCUT2D eigenvalue weighted by Gasteiger charge is 2.26. The van der Waals surface area contributed by atoms with Crippen molar-refractivity contribution in [3.8, 4) is 22.8 Å². The zero-order chi connectivity index (χ0) is 21.5. The molecule has 0 aliphatic carbocycles. The monoisotopic (exact) mass is 418 g/mol. The zero-order valence-electron chi connectivity index (χ0n) is 16.8. The largest absolute Gasteiger partial charge is 0.336 e. The molecule has 1 aliphatic rings. The van der Waals surface area contributed by atoms with Gasteiger partial charge in [-0.15, -0.1) is 0 Å². The van der Waals surface area contributed by atoms with Gasteiger partial charge in [0, 0.05) is 23.7 Å². The van der Waals surface area contributed by atoms with Crippen LogP contribution in [0, 0.1) is 5.82 Å². The number of likely N-dealkylation sites (tertiary alicyclic amines) is 1. The number of rotatable bonds is 3. The summed E-state index contributed by atoms with van der Waals surface area (Å²) >= 11 is 0. The van der Waals surface area contributed by atoms with Crippen LogP contribution in [0.15, 0.2) is 57.8 Å². The second-order valence-corrected chi connectivity index (χ2v) is 7.73. The molecule has 2 aromatic heterocycles. The summed E-state index contributed by atoms with van der Waals surface area (Å²) in [5.41, 5.74) is 1.42. The van der Waals surface area contributed by atoms with E-state index >= 15 is 0 Å². The van der Waals surface area contributed by atoms with E-state index in [4.69, 9.17) is 4.52 Å². The fourth-order valence-electron chi connectivity index (χ4n) is 3.94. The average molecular weight is 418 g/mol. The van der Waals surface area contributed by atoms with Crippen LogP contribution in [0.4, 0.5) is 4.39 Å². The van der Waals surface area contributed by atoms with E-state index in [2.05, 4.69) is 22.0 Å². The maximum absolute atomic E-state index is 13.4. The topological polar surface area (TPSA) is 92.1 Å². The summed E-state index contributed by atoms with van der Waals surface area (Å²) in [4.78, 5) is 33.9. The predicted molar refractivity (Wildman–Crippen MR) is 113 cm³/mol. The van der Waals surface area contributed by atoms with Gasteiger partial charge in [-0.1, -0.05) is 17.3 Å². The molecule has 1 N–H and O–H groups in total. The summed E-state index contributed by atoms with van der Waals surface area (Å²) in [7, 11) is 0. The Morgan fingerprint density at radius 2 is 2.00 bits per heavy atom. The highest BCUT2D eigenvalue weighted by Crippen LogP contribution is 2.24. The highest BCUT2D eigenvalue weighted by atomic mass is 19.1. The Kier molecular flexibility index (Phi) is 4.62. The minimum absolute atomic E-state index is 0.0180. The maximum atomic E-state index is 13.4. The van der Waals surface area contributed by atoms with Crippen molar-refractivity contribution < 1.29 is 13.7 Å². The van der Waals surface area contributed by atoms with Gasteiger partial charge in [-0.25, -0.2) is 4.39 Å². The van der Waals surface area contributed by atoms with Gasteiger partial charge in [-0.05, 0) is 61.5 Å². The lowest BCUT2D eigenvalue weighted by Gasteiger charge is -2.21. The summed E-state index contributed by atoms with van der Waals surface area (Å²) in [5.74, 6) is -0.0442. The van der Waals surface area contributed by atoms with Gasteiger partial charge in [0.05, 0.1) is 5.52 Å². The van der Waals surface area contributed by atoms with Gasteiger partial charge in [0.25, 0.3) is 17.4 Å². The van der Waals surface area contributed by atoms with Crippen LogP contribution in [-0.2, 0) is 0 Å². The fraction of sp³-hybridized carbons (Fsp3) is 0.217. The quantitative estimate of drug-likeness (QED) is 0.543. The van der Waals surface area contributed by atoms with Gasteiger partial charge >= 0.3 is 0 Å². The Morgan fingerprint density at radius 1 is 1.19 bits per heavy atom. The first-order valence-electron chi connectivity index (χ1n) is 10.1. The third kappa shape index (κ3) is 3.50. The molecule has 1 atom stereocenters. The van der Waals surface area contributed by atoms with E-state index in [-0.39, 0.29) is 23.4 Å². The molecule has 1 saturated heterocycles. The molecule has 2 aromatic carbocycles. The first-order valence-corrected chi connectivity index (χ1v) is 10.1. The van der Waals surface area contributed by atoms with E-state index in [1.165, 1.54) is 12.1 Å². The summed E-state index contributed by atoms with van der Waals surface area (Å²) in [5, 5.41) is 4.62. The van der Waals surface area contributed by atoms with Crippen molar-refractivity contribution in [3.63, 3.8) is 0 Å². The van der Waals surface area contributed by atoms with Crippen molar-refractivity contribution in [2.75, 3.05) is 6.54 Å². The first kappa shape index (κ1) is 19.2. The van der Waals surface area contributed by atoms with Crippen molar-refractivity contribution >= 4 is 16.8 Å². The number of aromatic amines is 1. The number of halogens is 1. The number of carbonyl (C=O) groups excluding carboxylic acids is 1. The van der Waals surface area contributed by atoms with Gasteiger partial charge in [0.1, 0.15) is 11.4 Å². The van der Waals surface area contributed by atoms with Crippen LogP contribution in [0.1, 0.15) is 30.1 Å². The van der Waals surface area contributed by atoms with Crippen molar-refractivity contribution in [2.24, 2.45) is 0 Å². The second-order valence-electron chi connectivity index (χ2n) is 7.73. The molecule has 156 valence electrons. The van der Waals surface area contributed by atoms with Crippen LogP contribution in [-0.4, -0.2) is 38.5 Å². The van der Waals surface area contributed by atoms with Crippen LogP contribution < -0.4 is 5.56 Å². The highest BCUT2D eigenvalue weighted by molar-refractivity contribution is 5.95. The molecule has 0 bridgehead atoms. The summed E-state index contributed by atoms with van der Waals surface area (Å²) in [6.07, 6.45) is 2.05. The number of hydrogen-bond acceptors (Lipinski definition) is 5. The Bertz CT molecular complexity index is 1340. The molecule has 3 heterocycles. The number of nitrogens with one attached hydrogen (secondary N) is 1. The van der Waals surface area contributed by atoms with Crippen LogP contribution in [0.3, 0.4) is 0 Å². The molecule has 5 rings (SSSR count). The van der Waals surface area contributed by atoms with Gasteiger partial charge in [0.2, 0.25) is 5.82 Å². The lowest BCUT2D eigenvalue weighted by Crippen LogP contribution is -2.33. The molecular formula is C23H19FN4O3. The molecule has 7 nitrogen and oxygen atoms in total. The minimum atomic E-state index is -0.450. The number of benzene rings is 2. The van der Waals surface area contributed by atoms with Crippen LogP contribution >= 0.6 is 0 Å². The molecule has 31 heavy (non-hydrogen) atoms. The number of carbonyl (C=O) groups is 1. The SMILES string of the molecule is CC1CCCN1C(=O)c1ccc(-c2noc(-c3cc4ccc(F)cc4[nH]c3=O)n2)cc1. The lowest BCUT2D eigenvalue weighted by atomic mass is 10.1. The Morgan fingerprint density at radius 3 is 2.74 bits per heavy atom. The maximum Gasteiger partial charge on any atom is 0.263 e. The molecule has 1 amide bonds. The summed E-state index contributed by atoms with van der Waals surface area (Å²) < 4.78 is 18.7. The van der Waals surface area contributed by atoms with Crippen molar-refractivity contribution in [3.05, 3.63) is 70.3 Å². The fourth-order valence-corrected chi connectivity index (χ4v) is 3.94. The number of fused-ring (bicyclic) bond motifs is 1. The van der Waals surface area contributed by atoms with E-state index in [0.29, 0.717) is 27.9 Å². The van der Waals surface area contributed by atoms with Gasteiger partial charge in [-0.3, -0.25) is 9.59 Å². The van der Waals surface area contributed by atoms with E-state index in [1.54, 1.807) is 36.4 Å². The molecule has 0 saturated carbocycles. The van der Waals surface area contributed by atoms with Gasteiger partial charge in [-0.2, -0.15) is 4.98 Å². The zero-order valence-corrected chi connectivity index (χ0v) is 16.8. The van der Waals surface area contributed by atoms with Gasteiger partial charge < -0.3 is 14.4 Å². The van der Waals surface area contributed by atoms with E-state index < -0.39 is 11.4 Å². The molecule has 1 aliphatic heterocycles. The lowest BCUT2D eigenvalue weighted by molar-refractivity contribution is 0.0747. The van der Waals surface area contributed by atoms with E-state index in [9.17, 15) is 14.0 Å². The van der Waals surface area contributed by atoms with Crippen LogP contribution in [0.2, 0.25) is 0 Å². The van der Waals surface area contributed by atoms with Crippen LogP contribution in [0.5, 0.6) is 0 Å². The van der Waals surface area contributed by atoms with Crippen molar-refractivity contribution in [1.82, 2.24) is 20.0 Å². The standard InChI is InChI=1S/C23H19FN4O3/c1-13-3-2-10-28(13)23(30)15-6-4-14(5-7-15)20-26-22(31-27-20)18-11-16-8-9-17(24)12-19(16)25-21(18)29/h4-9,11-13H,2-3,10H2,1H3,(H,25,29). The smallest absolute Gasteiger partial charge is 0.263 e. The third-order valence-electron chi connectivity index (χ3n) is 5.67. The molecule has 1 fully saturated rings. The Balaban J connectivity index is 1.42. The Labute approximate surface area is 176 Å². The van der Waals surface area contributed by atoms with Crippen molar-refractivity contribution in [2.45, 2.75) is 25.8 Å². The summed E-state index contributed by atoms with van der Waals surface area (Å²) in [6.45, 7) is 2.84.